The molecule has 146 valence electrons. The Morgan fingerprint density at radius 1 is 1.22 bits per heavy atom. The van der Waals surface area contributed by atoms with Gasteiger partial charge in [0.15, 0.2) is 12.4 Å². The topological polar surface area (TPSA) is 65.0 Å². The van der Waals surface area contributed by atoms with Gasteiger partial charge in [0.25, 0.3) is 0 Å². The minimum absolute atomic E-state index is 0.0142. The van der Waals surface area contributed by atoms with E-state index in [1.807, 2.05) is 30.3 Å². The molecule has 5 atom stereocenters. The van der Waals surface area contributed by atoms with Gasteiger partial charge in [-0.1, -0.05) is 30.0 Å². The van der Waals surface area contributed by atoms with Crippen molar-refractivity contribution in [1.82, 2.24) is 0 Å². The first-order chi connectivity index (χ1) is 13.3. The number of hydrogen-bond donors (Lipinski definition) is 1. The highest BCUT2D eigenvalue weighted by atomic mass is 16.7. The number of ether oxygens (including phenoxy) is 3. The smallest absolute Gasteiger partial charge is 0.159 e. The summed E-state index contributed by atoms with van der Waals surface area (Å²) < 4.78 is 17.6. The fourth-order valence-electron chi connectivity index (χ4n) is 3.66. The van der Waals surface area contributed by atoms with Crippen LogP contribution in [0.1, 0.15) is 38.5 Å². The van der Waals surface area contributed by atoms with Crippen LogP contribution in [0.2, 0.25) is 0 Å². The van der Waals surface area contributed by atoms with E-state index in [2.05, 4.69) is 11.8 Å². The van der Waals surface area contributed by atoms with E-state index in [-0.39, 0.29) is 18.1 Å². The van der Waals surface area contributed by atoms with E-state index in [0.717, 1.165) is 37.7 Å². The molecule has 1 N–H and O–H groups in total. The number of rotatable bonds is 7. The summed E-state index contributed by atoms with van der Waals surface area (Å²) in [6.45, 7) is 1.02. The Balaban J connectivity index is 1.64. The van der Waals surface area contributed by atoms with Crippen LogP contribution >= 0.6 is 0 Å². The van der Waals surface area contributed by atoms with Crippen LogP contribution in [0.3, 0.4) is 0 Å². The van der Waals surface area contributed by atoms with Gasteiger partial charge in [-0.15, -0.1) is 0 Å². The van der Waals surface area contributed by atoms with Crippen molar-refractivity contribution in [2.45, 2.75) is 57.0 Å². The van der Waals surface area contributed by atoms with Crippen molar-refractivity contribution < 1.29 is 24.1 Å². The lowest BCUT2D eigenvalue weighted by atomic mass is 9.92. The molecule has 2 unspecified atom stereocenters. The average Bonchev–Trinajstić information content (AvgIpc) is 3.06. The van der Waals surface area contributed by atoms with Gasteiger partial charge in [-0.05, 0) is 44.2 Å². The molecule has 5 heteroatoms. The Kier molecular flexibility index (Phi) is 7.70. The van der Waals surface area contributed by atoms with E-state index in [1.165, 1.54) is 0 Å². The van der Waals surface area contributed by atoms with Crippen molar-refractivity contribution in [1.29, 1.82) is 0 Å². The summed E-state index contributed by atoms with van der Waals surface area (Å²) in [7, 11) is 0. The van der Waals surface area contributed by atoms with E-state index in [4.69, 9.17) is 14.2 Å². The Labute approximate surface area is 161 Å². The first-order valence-corrected chi connectivity index (χ1v) is 9.84. The quantitative estimate of drug-likeness (QED) is 0.589. The zero-order valence-electron chi connectivity index (χ0n) is 15.6. The molecular formula is C22H28O5. The standard InChI is InChI=1S/C22H28O5/c23-14-13-20-17(10-12-21(20)24)9-11-19(27-22-8-4-5-15-25-22)16-26-18-6-2-1-3-7-18/h1-3,6-7,14,17,19-22,24H,4-5,8,10,12-13,15-16H2/t17-,19?,20+,21-,22?/m1/s1. The van der Waals surface area contributed by atoms with Crippen LogP contribution in [0.25, 0.3) is 0 Å². The second-order valence-electron chi connectivity index (χ2n) is 7.15. The molecule has 27 heavy (non-hydrogen) atoms. The fourth-order valence-corrected chi connectivity index (χ4v) is 3.66. The lowest BCUT2D eigenvalue weighted by molar-refractivity contribution is -0.180. The number of carbonyl (C=O) groups excluding carboxylic acids is 1. The molecule has 1 saturated heterocycles. The second kappa shape index (κ2) is 10.5. The number of para-hydroxylation sites is 1. The molecule has 1 aliphatic carbocycles. The van der Waals surface area contributed by atoms with Gasteiger partial charge in [-0.2, -0.15) is 0 Å². The van der Waals surface area contributed by atoms with E-state index < -0.39 is 12.2 Å². The average molecular weight is 372 g/mol. The highest BCUT2D eigenvalue weighted by Crippen LogP contribution is 2.33. The lowest BCUT2D eigenvalue weighted by Crippen LogP contribution is -2.31. The Morgan fingerprint density at radius 3 is 2.81 bits per heavy atom. The van der Waals surface area contributed by atoms with Crippen molar-refractivity contribution in [3.8, 4) is 17.6 Å². The third-order valence-corrected chi connectivity index (χ3v) is 5.18. The maximum absolute atomic E-state index is 10.9. The van der Waals surface area contributed by atoms with Gasteiger partial charge in [0.2, 0.25) is 0 Å². The maximum Gasteiger partial charge on any atom is 0.159 e. The molecule has 3 rings (SSSR count). The van der Waals surface area contributed by atoms with Crippen molar-refractivity contribution in [2.24, 2.45) is 11.8 Å². The Bertz CT molecular complexity index is 629. The number of hydrogen-bond acceptors (Lipinski definition) is 5. The molecule has 0 spiro atoms. The van der Waals surface area contributed by atoms with Crippen LogP contribution in [-0.4, -0.2) is 43.1 Å². The first-order valence-electron chi connectivity index (χ1n) is 9.84. The third kappa shape index (κ3) is 6.07. The fraction of sp³-hybridized carbons (Fsp3) is 0.591. The monoisotopic (exact) mass is 372 g/mol. The van der Waals surface area contributed by atoms with Gasteiger partial charge >= 0.3 is 0 Å². The Hall–Kier alpha value is -1.87. The van der Waals surface area contributed by atoms with Crippen LogP contribution in [-0.2, 0) is 14.3 Å². The normalized spacial score (nSPS) is 28.8. The number of aldehydes is 1. The summed E-state index contributed by atoms with van der Waals surface area (Å²) >= 11 is 0. The summed E-state index contributed by atoms with van der Waals surface area (Å²) in [5.74, 6) is 7.13. The zero-order chi connectivity index (χ0) is 18.9. The van der Waals surface area contributed by atoms with Crippen molar-refractivity contribution in [2.75, 3.05) is 13.2 Å². The van der Waals surface area contributed by atoms with Crippen LogP contribution < -0.4 is 4.74 Å². The van der Waals surface area contributed by atoms with Gasteiger partial charge in [0.1, 0.15) is 18.6 Å². The molecule has 5 nitrogen and oxygen atoms in total. The molecule has 0 aromatic heterocycles. The van der Waals surface area contributed by atoms with Crippen LogP contribution in [0.4, 0.5) is 0 Å². The molecule has 1 aromatic rings. The van der Waals surface area contributed by atoms with Crippen molar-refractivity contribution in [3.63, 3.8) is 0 Å². The molecule has 1 aromatic carbocycles. The molecule has 0 amide bonds. The summed E-state index contributed by atoms with van der Waals surface area (Å²) in [4.78, 5) is 10.9. The van der Waals surface area contributed by atoms with Gasteiger partial charge in [-0.3, -0.25) is 0 Å². The largest absolute Gasteiger partial charge is 0.490 e. The Morgan fingerprint density at radius 2 is 2.07 bits per heavy atom. The highest BCUT2D eigenvalue weighted by Gasteiger charge is 2.33. The highest BCUT2D eigenvalue weighted by molar-refractivity contribution is 5.50. The van der Waals surface area contributed by atoms with Crippen molar-refractivity contribution in [3.05, 3.63) is 30.3 Å². The van der Waals surface area contributed by atoms with Crippen LogP contribution in [0.5, 0.6) is 5.75 Å². The van der Waals surface area contributed by atoms with E-state index >= 15 is 0 Å². The summed E-state index contributed by atoms with van der Waals surface area (Å²) in [5, 5.41) is 10.1. The van der Waals surface area contributed by atoms with Crippen LogP contribution in [0, 0.1) is 23.7 Å². The number of benzene rings is 1. The van der Waals surface area contributed by atoms with Crippen molar-refractivity contribution >= 4 is 6.29 Å². The number of aliphatic hydroxyl groups excluding tert-OH is 1. The third-order valence-electron chi connectivity index (χ3n) is 5.18. The van der Waals surface area contributed by atoms with E-state index in [1.54, 1.807) is 0 Å². The maximum atomic E-state index is 10.9. The number of carbonyl (C=O) groups is 1. The first kappa shape index (κ1) is 19.9. The van der Waals surface area contributed by atoms with Gasteiger partial charge in [0, 0.05) is 24.9 Å². The van der Waals surface area contributed by atoms with E-state index in [0.29, 0.717) is 26.1 Å². The molecule has 0 radical (unpaired) electrons. The molecular weight excluding hydrogens is 344 g/mol. The minimum Gasteiger partial charge on any atom is -0.490 e. The zero-order valence-corrected chi connectivity index (χ0v) is 15.6. The minimum atomic E-state index is -0.448. The molecule has 1 heterocycles. The van der Waals surface area contributed by atoms with Gasteiger partial charge < -0.3 is 24.1 Å². The summed E-state index contributed by atoms with van der Waals surface area (Å²) in [5.41, 5.74) is 0. The van der Waals surface area contributed by atoms with Crippen LogP contribution in [0.15, 0.2) is 30.3 Å². The van der Waals surface area contributed by atoms with E-state index in [9.17, 15) is 9.90 Å². The molecule has 2 aliphatic rings. The number of aliphatic hydroxyl groups is 1. The lowest BCUT2D eigenvalue weighted by Gasteiger charge is -2.25. The van der Waals surface area contributed by atoms with Gasteiger partial charge in [0.05, 0.1) is 6.10 Å². The van der Waals surface area contributed by atoms with Gasteiger partial charge in [-0.25, -0.2) is 0 Å². The molecule has 1 aliphatic heterocycles. The predicted octanol–water partition coefficient (Wildman–Crippen LogP) is 2.96. The summed E-state index contributed by atoms with van der Waals surface area (Å²) in [6, 6.07) is 9.58. The molecule has 2 fully saturated rings. The predicted molar refractivity (Wildman–Crippen MR) is 101 cm³/mol. The molecule has 0 bridgehead atoms. The second-order valence-corrected chi connectivity index (χ2v) is 7.15. The summed E-state index contributed by atoms with van der Waals surface area (Å²) in [6.07, 6.45) is 4.60. The SMILES string of the molecule is O=CC[C@@H]1[C@H](O)CC[C@H]1C#CC(COc1ccccc1)OC1CCCCO1. The molecule has 1 saturated carbocycles.